The third kappa shape index (κ3) is 4.39. The zero-order valence-electron chi connectivity index (χ0n) is 16.4. The number of alkyl halides is 3. The molecule has 2 heterocycles. The molecule has 0 saturated carbocycles. The molecule has 3 aromatic rings. The quantitative estimate of drug-likeness (QED) is 0.636. The fourth-order valence-electron chi connectivity index (χ4n) is 2.99. The van der Waals surface area contributed by atoms with E-state index in [1.54, 1.807) is 32.0 Å². The van der Waals surface area contributed by atoms with Crippen LogP contribution in [0.1, 0.15) is 39.6 Å². The molecule has 0 saturated heterocycles. The highest BCUT2D eigenvalue weighted by Gasteiger charge is 2.36. The highest BCUT2D eigenvalue weighted by atomic mass is 19.4. The van der Waals surface area contributed by atoms with Crippen LogP contribution in [0, 0.1) is 13.8 Å². The van der Waals surface area contributed by atoms with Gasteiger partial charge in [0.15, 0.2) is 0 Å². The summed E-state index contributed by atoms with van der Waals surface area (Å²) in [6.07, 6.45) is -4.38. The number of esters is 1. The Morgan fingerprint density at radius 3 is 2.60 bits per heavy atom. The van der Waals surface area contributed by atoms with E-state index < -0.39 is 18.0 Å². The zero-order valence-corrected chi connectivity index (χ0v) is 16.4. The molecule has 3 rings (SSSR count). The zero-order chi connectivity index (χ0) is 22.1. The largest absolute Gasteiger partial charge is 0.465 e. The minimum absolute atomic E-state index is 0.0537. The minimum Gasteiger partial charge on any atom is -0.465 e. The number of aromatic nitrogens is 4. The van der Waals surface area contributed by atoms with Crippen molar-refractivity contribution in [3.05, 3.63) is 52.6 Å². The van der Waals surface area contributed by atoms with Crippen LogP contribution >= 0.6 is 0 Å². The van der Waals surface area contributed by atoms with E-state index in [0.29, 0.717) is 28.2 Å². The van der Waals surface area contributed by atoms with Gasteiger partial charge in [-0.15, -0.1) is 5.10 Å². The van der Waals surface area contributed by atoms with E-state index in [1.165, 1.54) is 13.2 Å². The Labute approximate surface area is 169 Å². The average Bonchev–Trinajstić information content (AvgIpc) is 3.12. The molecular formula is C19H18F3N5O3. The summed E-state index contributed by atoms with van der Waals surface area (Å²) in [6, 6.07) is 6.28. The van der Waals surface area contributed by atoms with Crippen molar-refractivity contribution in [2.45, 2.75) is 32.9 Å². The first-order valence-corrected chi connectivity index (χ1v) is 8.88. The van der Waals surface area contributed by atoms with E-state index in [1.807, 2.05) is 0 Å². The van der Waals surface area contributed by atoms with Gasteiger partial charge in [-0.3, -0.25) is 4.79 Å². The van der Waals surface area contributed by atoms with E-state index in [2.05, 4.69) is 25.1 Å². The number of amides is 1. The second-order valence-corrected chi connectivity index (χ2v) is 6.53. The molecule has 158 valence electrons. The molecule has 0 aliphatic carbocycles. The summed E-state index contributed by atoms with van der Waals surface area (Å²) >= 11 is 0. The second kappa shape index (κ2) is 8.09. The molecule has 1 aromatic carbocycles. The van der Waals surface area contributed by atoms with Gasteiger partial charge in [-0.1, -0.05) is 6.07 Å². The predicted octanol–water partition coefficient (Wildman–Crippen LogP) is 3.12. The summed E-state index contributed by atoms with van der Waals surface area (Å²) in [5, 5.41) is 6.17. The number of ether oxygens (including phenoxy) is 1. The Bertz CT molecular complexity index is 1120. The first-order valence-electron chi connectivity index (χ1n) is 8.88. The molecule has 0 aliphatic heterocycles. The number of nitrogens with one attached hydrogen (secondary N) is 1. The molecule has 1 amide bonds. The summed E-state index contributed by atoms with van der Waals surface area (Å²) in [6.45, 7) is 3.24. The number of fused-ring (bicyclic) bond motifs is 1. The summed E-state index contributed by atoms with van der Waals surface area (Å²) in [5.74, 6) is -2.27. The number of nitrogens with zero attached hydrogens (tertiary/aromatic N) is 4. The van der Waals surface area contributed by atoms with Gasteiger partial charge in [-0.25, -0.2) is 14.3 Å². The maximum Gasteiger partial charge on any atom is 0.453 e. The van der Waals surface area contributed by atoms with Crippen LogP contribution in [0.5, 0.6) is 0 Å². The summed E-state index contributed by atoms with van der Waals surface area (Å²) in [7, 11) is 1.26. The lowest BCUT2D eigenvalue weighted by Crippen LogP contribution is -2.15. The molecule has 0 atom stereocenters. The van der Waals surface area contributed by atoms with Crippen LogP contribution in [-0.4, -0.2) is 38.6 Å². The molecular weight excluding hydrogens is 403 g/mol. The highest BCUT2D eigenvalue weighted by molar-refractivity contribution is 5.94. The maximum atomic E-state index is 12.9. The van der Waals surface area contributed by atoms with E-state index in [-0.39, 0.29) is 24.5 Å². The van der Waals surface area contributed by atoms with Crippen molar-refractivity contribution in [2.75, 3.05) is 12.4 Å². The smallest absolute Gasteiger partial charge is 0.453 e. The third-order valence-corrected chi connectivity index (χ3v) is 4.47. The Morgan fingerprint density at radius 2 is 1.93 bits per heavy atom. The number of halogens is 3. The van der Waals surface area contributed by atoms with Crippen molar-refractivity contribution in [3.63, 3.8) is 0 Å². The van der Waals surface area contributed by atoms with Crippen LogP contribution in [0.2, 0.25) is 0 Å². The molecule has 0 fully saturated rings. The number of anilines is 1. The molecule has 11 heteroatoms. The fourth-order valence-corrected chi connectivity index (χ4v) is 2.99. The van der Waals surface area contributed by atoms with E-state index in [9.17, 15) is 22.8 Å². The average molecular weight is 421 g/mol. The molecule has 8 nitrogen and oxygen atoms in total. The SMILES string of the molecule is COC(=O)c1cccc(NC(=O)CCc2c(C)nc3nc(C(F)(F)F)nn3c2C)c1. The number of hydrogen-bond donors (Lipinski definition) is 1. The van der Waals surface area contributed by atoms with Gasteiger partial charge >= 0.3 is 12.1 Å². The van der Waals surface area contributed by atoms with Crippen molar-refractivity contribution >= 4 is 23.3 Å². The number of carbonyl (C=O) groups excluding carboxylic acids is 2. The van der Waals surface area contributed by atoms with Crippen LogP contribution in [0.4, 0.5) is 18.9 Å². The molecule has 0 spiro atoms. The topological polar surface area (TPSA) is 98.5 Å². The molecule has 30 heavy (non-hydrogen) atoms. The van der Waals surface area contributed by atoms with Crippen molar-refractivity contribution < 1.29 is 27.5 Å². The predicted molar refractivity (Wildman–Crippen MR) is 100.0 cm³/mol. The minimum atomic E-state index is -4.67. The van der Waals surface area contributed by atoms with Gasteiger partial charge in [-0.2, -0.15) is 18.2 Å². The van der Waals surface area contributed by atoms with Crippen LogP contribution in [0.15, 0.2) is 24.3 Å². The van der Waals surface area contributed by atoms with Crippen molar-refractivity contribution in [1.82, 2.24) is 19.6 Å². The van der Waals surface area contributed by atoms with Gasteiger partial charge in [0.1, 0.15) is 0 Å². The Kier molecular flexibility index (Phi) is 5.72. The van der Waals surface area contributed by atoms with Gasteiger partial charge < -0.3 is 10.1 Å². The second-order valence-electron chi connectivity index (χ2n) is 6.53. The normalized spacial score (nSPS) is 11.5. The van der Waals surface area contributed by atoms with Crippen LogP contribution in [0.3, 0.4) is 0 Å². The molecule has 2 aromatic heterocycles. The highest BCUT2D eigenvalue weighted by Crippen LogP contribution is 2.27. The monoisotopic (exact) mass is 421 g/mol. The Morgan fingerprint density at radius 1 is 1.20 bits per heavy atom. The lowest BCUT2D eigenvalue weighted by Gasteiger charge is -2.11. The van der Waals surface area contributed by atoms with Crippen molar-refractivity contribution in [3.8, 4) is 0 Å². The van der Waals surface area contributed by atoms with Gasteiger partial charge in [0.25, 0.3) is 11.6 Å². The number of benzene rings is 1. The van der Waals surface area contributed by atoms with E-state index in [4.69, 9.17) is 0 Å². The molecule has 0 unspecified atom stereocenters. The maximum absolute atomic E-state index is 12.9. The number of hydrogen-bond acceptors (Lipinski definition) is 6. The number of aryl methyl sites for hydroxylation is 2. The lowest BCUT2D eigenvalue weighted by atomic mass is 10.1. The van der Waals surface area contributed by atoms with E-state index >= 15 is 0 Å². The van der Waals surface area contributed by atoms with Gasteiger partial charge in [0.05, 0.1) is 12.7 Å². The first-order chi connectivity index (χ1) is 14.1. The number of methoxy groups -OCH3 is 1. The molecule has 1 N–H and O–H groups in total. The van der Waals surface area contributed by atoms with Gasteiger partial charge in [0.2, 0.25) is 5.91 Å². The van der Waals surface area contributed by atoms with Gasteiger partial charge in [-0.05, 0) is 44.0 Å². The Hall–Kier alpha value is -3.50. The van der Waals surface area contributed by atoms with Crippen LogP contribution < -0.4 is 5.32 Å². The third-order valence-electron chi connectivity index (χ3n) is 4.47. The first kappa shape index (κ1) is 21.2. The lowest BCUT2D eigenvalue weighted by molar-refractivity contribution is -0.144. The summed E-state index contributed by atoms with van der Waals surface area (Å²) in [5.41, 5.74) is 2.24. The summed E-state index contributed by atoms with van der Waals surface area (Å²) < 4.78 is 44.3. The van der Waals surface area contributed by atoms with Crippen LogP contribution in [-0.2, 0) is 22.1 Å². The fraction of sp³-hybridized carbons (Fsp3) is 0.316. The number of rotatable bonds is 5. The van der Waals surface area contributed by atoms with Crippen LogP contribution in [0.25, 0.3) is 5.78 Å². The molecule has 0 radical (unpaired) electrons. The Balaban J connectivity index is 1.75. The van der Waals surface area contributed by atoms with Crippen molar-refractivity contribution in [1.29, 1.82) is 0 Å². The summed E-state index contributed by atoms with van der Waals surface area (Å²) in [4.78, 5) is 31.4. The standard InChI is InChI=1S/C19H18F3N5O3/c1-10-14(11(2)27-18(23-10)25-17(26-27)19(20,21)22)7-8-15(28)24-13-6-4-5-12(9-13)16(29)30-3/h4-6,9H,7-8H2,1-3H3,(H,24,28). The van der Waals surface area contributed by atoms with Crippen molar-refractivity contribution in [2.24, 2.45) is 0 Å². The molecule has 0 aliphatic rings. The van der Waals surface area contributed by atoms with Gasteiger partial charge in [0, 0.05) is 23.5 Å². The van der Waals surface area contributed by atoms with E-state index in [0.717, 1.165) is 4.52 Å². The molecule has 0 bridgehead atoms. The number of carbonyl (C=O) groups is 2.